The predicted molar refractivity (Wildman–Crippen MR) is 98.2 cm³/mol. The van der Waals surface area contributed by atoms with Gasteiger partial charge in [-0.3, -0.25) is 9.78 Å². The van der Waals surface area contributed by atoms with E-state index < -0.39 is 0 Å². The molecule has 0 spiro atoms. The van der Waals surface area contributed by atoms with Gasteiger partial charge in [-0.1, -0.05) is 48.0 Å². The number of hydrogen-bond donors (Lipinski definition) is 1. The van der Waals surface area contributed by atoms with E-state index in [1.165, 1.54) is 0 Å². The number of pyridine rings is 2. The Morgan fingerprint density at radius 3 is 2.42 bits per heavy atom. The van der Waals surface area contributed by atoms with Gasteiger partial charge in [0.1, 0.15) is 0 Å². The molecule has 0 saturated heterocycles. The monoisotopic (exact) mass is 332 g/mol. The Hall–Kier alpha value is -2.91. The summed E-state index contributed by atoms with van der Waals surface area (Å²) in [6, 6.07) is 20.9. The molecule has 4 aromatic rings. The van der Waals surface area contributed by atoms with Crippen LogP contribution < -0.4 is 5.56 Å². The number of fused-ring (bicyclic) bond motifs is 1. The number of hydrogen-bond acceptors (Lipinski definition) is 2. The van der Waals surface area contributed by atoms with Gasteiger partial charge in [-0.25, -0.2) is 0 Å². The van der Waals surface area contributed by atoms with Crippen LogP contribution in [0.2, 0.25) is 5.02 Å². The topological polar surface area (TPSA) is 45.8 Å². The van der Waals surface area contributed by atoms with E-state index in [9.17, 15) is 4.79 Å². The average molecular weight is 333 g/mol. The van der Waals surface area contributed by atoms with E-state index in [0.717, 1.165) is 22.0 Å². The van der Waals surface area contributed by atoms with Crippen molar-refractivity contribution in [2.75, 3.05) is 0 Å². The normalized spacial score (nSPS) is 10.9. The van der Waals surface area contributed by atoms with Crippen molar-refractivity contribution in [2.45, 2.75) is 0 Å². The molecule has 0 unspecified atom stereocenters. The lowest BCUT2D eigenvalue weighted by Crippen LogP contribution is -2.12. The summed E-state index contributed by atoms with van der Waals surface area (Å²) in [7, 11) is 0. The molecule has 0 saturated carbocycles. The molecule has 0 bridgehead atoms. The third-order valence-corrected chi connectivity index (χ3v) is 4.19. The van der Waals surface area contributed by atoms with Crippen molar-refractivity contribution in [2.24, 2.45) is 0 Å². The van der Waals surface area contributed by atoms with E-state index in [1.807, 2.05) is 60.7 Å². The summed E-state index contributed by atoms with van der Waals surface area (Å²) in [5.41, 5.74) is 3.58. The fourth-order valence-electron chi connectivity index (χ4n) is 2.93. The standard InChI is InChI=1S/C20H13ClN2O/c21-14-9-10-16-15(12-14)18(13-6-2-1-3-7-13)19(20(24)23-16)17-8-4-5-11-22-17/h1-12H,(H,23,24). The van der Waals surface area contributed by atoms with Gasteiger partial charge in [-0.15, -0.1) is 0 Å². The number of aromatic amines is 1. The van der Waals surface area contributed by atoms with Crippen LogP contribution in [0.5, 0.6) is 0 Å². The van der Waals surface area contributed by atoms with Crippen molar-refractivity contribution in [3.8, 4) is 22.4 Å². The molecule has 2 aromatic heterocycles. The molecule has 3 nitrogen and oxygen atoms in total. The van der Waals surface area contributed by atoms with Crippen molar-refractivity contribution in [1.82, 2.24) is 9.97 Å². The Morgan fingerprint density at radius 2 is 1.67 bits per heavy atom. The van der Waals surface area contributed by atoms with Gasteiger partial charge in [0.2, 0.25) is 0 Å². The van der Waals surface area contributed by atoms with Crippen LogP contribution in [-0.2, 0) is 0 Å². The average Bonchev–Trinajstić information content (AvgIpc) is 2.62. The summed E-state index contributed by atoms with van der Waals surface area (Å²) in [5, 5.41) is 1.52. The van der Waals surface area contributed by atoms with E-state index in [0.29, 0.717) is 16.3 Å². The highest BCUT2D eigenvalue weighted by atomic mass is 35.5. The first-order chi connectivity index (χ1) is 11.7. The summed E-state index contributed by atoms with van der Waals surface area (Å²) in [6.45, 7) is 0. The molecule has 2 aromatic carbocycles. The zero-order valence-electron chi connectivity index (χ0n) is 12.7. The Bertz CT molecular complexity index is 1070. The number of nitrogens with one attached hydrogen (secondary N) is 1. The highest BCUT2D eigenvalue weighted by Crippen LogP contribution is 2.35. The zero-order chi connectivity index (χ0) is 16.5. The Morgan fingerprint density at radius 1 is 0.875 bits per heavy atom. The van der Waals surface area contributed by atoms with Gasteiger partial charge in [0.25, 0.3) is 5.56 Å². The first kappa shape index (κ1) is 14.7. The van der Waals surface area contributed by atoms with Gasteiger partial charge in [0.15, 0.2) is 0 Å². The molecule has 2 heterocycles. The minimum absolute atomic E-state index is 0.164. The first-order valence-electron chi connectivity index (χ1n) is 7.56. The maximum absolute atomic E-state index is 12.8. The van der Waals surface area contributed by atoms with Gasteiger partial charge in [-0.05, 0) is 35.9 Å². The third-order valence-electron chi connectivity index (χ3n) is 3.96. The SMILES string of the molecule is O=c1[nH]c2ccc(Cl)cc2c(-c2ccccc2)c1-c1ccccn1. The fourth-order valence-corrected chi connectivity index (χ4v) is 3.10. The van der Waals surface area contributed by atoms with Crippen molar-refractivity contribution in [3.05, 3.63) is 88.3 Å². The second-order valence-corrected chi connectivity index (χ2v) is 5.91. The molecule has 4 heteroatoms. The minimum atomic E-state index is -0.164. The molecule has 0 aliphatic heterocycles. The highest BCUT2D eigenvalue weighted by Gasteiger charge is 2.17. The fraction of sp³-hybridized carbons (Fsp3) is 0. The third kappa shape index (κ3) is 2.49. The van der Waals surface area contributed by atoms with Crippen molar-refractivity contribution in [1.29, 1.82) is 0 Å². The van der Waals surface area contributed by atoms with Gasteiger partial charge in [0.05, 0.1) is 11.3 Å². The molecule has 0 aliphatic rings. The van der Waals surface area contributed by atoms with Gasteiger partial charge in [0, 0.05) is 27.7 Å². The lowest BCUT2D eigenvalue weighted by atomic mass is 9.94. The van der Waals surface area contributed by atoms with Crippen molar-refractivity contribution in [3.63, 3.8) is 0 Å². The second-order valence-electron chi connectivity index (χ2n) is 5.48. The first-order valence-corrected chi connectivity index (χ1v) is 7.94. The summed E-state index contributed by atoms with van der Waals surface area (Å²) >= 11 is 6.21. The minimum Gasteiger partial charge on any atom is -0.321 e. The zero-order valence-corrected chi connectivity index (χ0v) is 13.4. The van der Waals surface area contributed by atoms with E-state index in [-0.39, 0.29) is 5.56 Å². The maximum Gasteiger partial charge on any atom is 0.258 e. The van der Waals surface area contributed by atoms with Crippen molar-refractivity contribution < 1.29 is 0 Å². The van der Waals surface area contributed by atoms with Crippen LogP contribution in [0.4, 0.5) is 0 Å². The molecule has 24 heavy (non-hydrogen) atoms. The molecule has 116 valence electrons. The molecular weight excluding hydrogens is 320 g/mol. The number of benzene rings is 2. The molecule has 4 rings (SSSR count). The number of aromatic nitrogens is 2. The quantitative estimate of drug-likeness (QED) is 0.567. The predicted octanol–water partition coefficient (Wildman–Crippen LogP) is 4.91. The maximum atomic E-state index is 12.8. The summed E-state index contributed by atoms with van der Waals surface area (Å²) in [6.07, 6.45) is 1.69. The Kier molecular flexibility index (Phi) is 3.63. The van der Waals surface area contributed by atoms with Crippen LogP contribution in [0.15, 0.2) is 77.7 Å². The van der Waals surface area contributed by atoms with E-state index in [4.69, 9.17) is 11.6 Å². The molecule has 1 N–H and O–H groups in total. The number of H-pyrrole nitrogens is 1. The van der Waals surface area contributed by atoms with Crippen LogP contribution in [0.25, 0.3) is 33.3 Å². The van der Waals surface area contributed by atoms with E-state index in [2.05, 4.69) is 9.97 Å². The summed E-state index contributed by atoms with van der Waals surface area (Å²) in [5.74, 6) is 0. The van der Waals surface area contributed by atoms with Crippen LogP contribution in [0, 0.1) is 0 Å². The lowest BCUT2D eigenvalue weighted by molar-refractivity contribution is 1.26. The summed E-state index contributed by atoms with van der Waals surface area (Å²) in [4.78, 5) is 20.1. The molecule has 0 radical (unpaired) electrons. The van der Waals surface area contributed by atoms with Gasteiger partial charge in [-0.2, -0.15) is 0 Å². The smallest absolute Gasteiger partial charge is 0.258 e. The van der Waals surface area contributed by atoms with E-state index in [1.54, 1.807) is 12.3 Å². The number of nitrogens with zero attached hydrogens (tertiary/aromatic N) is 1. The second kappa shape index (κ2) is 5.95. The molecule has 0 atom stereocenters. The van der Waals surface area contributed by atoms with Crippen LogP contribution >= 0.6 is 11.6 Å². The number of halogens is 1. The van der Waals surface area contributed by atoms with E-state index >= 15 is 0 Å². The molecular formula is C20H13ClN2O. The van der Waals surface area contributed by atoms with Crippen LogP contribution in [0.3, 0.4) is 0 Å². The highest BCUT2D eigenvalue weighted by molar-refractivity contribution is 6.31. The largest absolute Gasteiger partial charge is 0.321 e. The van der Waals surface area contributed by atoms with Crippen LogP contribution in [-0.4, -0.2) is 9.97 Å². The molecule has 0 aliphatic carbocycles. The molecule has 0 fully saturated rings. The Labute approximate surface area is 143 Å². The summed E-state index contributed by atoms with van der Waals surface area (Å²) < 4.78 is 0. The molecule has 0 amide bonds. The van der Waals surface area contributed by atoms with Crippen LogP contribution in [0.1, 0.15) is 0 Å². The van der Waals surface area contributed by atoms with Gasteiger partial charge < -0.3 is 4.98 Å². The van der Waals surface area contributed by atoms with Crippen molar-refractivity contribution >= 4 is 22.5 Å². The number of rotatable bonds is 2. The lowest BCUT2D eigenvalue weighted by Gasteiger charge is -2.13. The van der Waals surface area contributed by atoms with Gasteiger partial charge >= 0.3 is 0 Å². The Balaban J connectivity index is 2.19.